The van der Waals surface area contributed by atoms with Crippen molar-refractivity contribution >= 4 is 0 Å². The molecule has 3 rings (SSSR count). The zero-order valence-corrected chi connectivity index (χ0v) is 10.5. The summed E-state index contributed by atoms with van der Waals surface area (Å²) in [5.74, 6) is 3.48. The lowest BCUT2D eigenvalue weighted by Gasteiger charge is -2.33. The van der Waals surface area contributed by atoms with Crippen molar-refractivity contribution < 1.29 is 4.74 Å². The number of nitrogens with one attached hydrogen (secondary N) is 1. The first-order chi connectivity index (χ1) is 8.38. The number of rotatable bonds is 2. The van der Waals surface area contributed by atoms with Gasteiger partial charge in [-0.2, -0.15) is 0 Å². The van der Waals surface area contributed by atoms with Crippen LogP contribution in [0.5, 0.6) is 5.75 Å². The molecule has 1 N–H and O–H groups in total. The van der Waals surface area contributed by atoms with Crippen molar-refractivity contribution in [3.63, 3.8) is 0 Å². The van der Waals surface area contributed by atoms with Gasteiger partial charge in [-0.25, -0.2) is 0 Å². The lowest BCUT2D eigenvalue weighted by atomic mass is 9.71. The van der Waals surface area contributed by atoms with Crippen molar-refractivity contribution in [3.8, 4) is 5.75 Å². The van der Waals surface area contributed by atoms with Crippen molar-refractivity contribution in [1.82, 2.24) is 5.32 Å². The van der Waals surface area contributed by atoms with E-state index in [1.807, 2.05) is 6.07 Å². The third-order valence-corrected chi connectivity index (χ3v) is 4.52. The van der Waals surface area contributed by atoms with Crippen molar-refractivity contribution in [2.75, 3.05) is 20.2 Å². The summed E-state index contributed by atoms with van der Waals surface area (Å²) in [5, 5.41) is 3.56. The summed E-state index contributed by atoms with van der Waals surface area (Å²) in [6.45, 7) is 2.43. The molecule has 2 aliphatic rings. The number of fused-ring (bicyclic) bond motifs is 1. The lowest BCUT2D eigenvalue weighted by Crippen LogP contribution is -2.25. The van der Waals surface area contributed by atoms with Gasteiger partial charge in [0.1, 0.15) is 5.75 Å². The van der Waals surface area contributed by atoms with Crippen LogP contribution in [0.3, 0.4) is 0 Å². The van der Waals surface area contributed by atoms with Crippen LogP contribution in [0.1, 0.15) is 30.7 Å². The van der Waals surface area contributed by atoms with Gasteiger partial charge in [0.2, 0.25) is 0 Å². The van der Waals surface area contributed by atoms with E-state index in [-0.39, 0.29) is 0 Å². The number of hydrogen-bond donors (Lipinski definition) is 1. The first-order valence-electron chi connectivity index (χ1n) is 6.73. The first kappa shape index (κ1) is 11.1. The Hall–Kier alpha value is -1.02. The SMILES string of the molecule is COc1cccc(C2CCC[C@@H]3CNCC23)c1. The van der Waals surface area contributed by atoms with Gasteiger partial charge in [0.25, 0.3) is 0 Å². The van der Waals surface area contributed by atoms with E-state index in [0.717, 1.165) is 23.5 Å². The van der Waals surface area contributed by atoms with Crippen LogP contribution < -0.4 is 10.1 Å². The van der Waals surface area contributed by atoms with Crippen LogP contribution in [0.4, 0.5) is 0 Å². The molecule has 0 spiro atoms. The van der Waals surface area contributed by atoms with Crippen LogP contribution in [0, 0.1) is 11.8 Å². The molecule has 1 aromatic carbocycles. The van der Waals surface area contributed by atoms with E-state index in [1.54, 1.807) is 7.11 Å². The standard InChI is InChI=1S/C15H21NO/c1-17-13-6-2-4-11(8-13)14-7-3-5-12-9-16-10-15(12)14/h2,4,6,8,12,14-16H,3,5,7,9-10H2,1H3/t12-,14?,15?/m1/s1. The Kier molecular flexibility index (Phi) is 3.06. The van der Waals surface area contributed by atoms with E-state index in [4.69, 9.17) is 4.74 Å². The topological polar surface area (TPSA) is 21.3 Å². The summed E-state index contributed by atoms with van der Waals surface area (Å²) in [6, 6.07) is 8.66. The fourth-order valence-electron chi connectivity index (χ4n) is 3.64. The summed E-state index contributed by atoms with van der Waals surface area (Å²) < 4.78 is 5.34. The predicted octanol–water partition coefficient (Wildman–Crippen LogP) is 2.80. The molecule has 1 heterocycles. The van der Waals surface area contributed by atoms with Crippen LogP contribution in [0.25, 0.3) is 0 Å². The quantitative estimate of drug-likeness (QED) is 0.845. The normalized spacial score (nSPS) is 32.2. The second-order valence-electron chi connectivity index (χ2n) is 5.40. The summed E-state index contributed by atoms with van der Waals surface area (Å²) in [5.41, 5.74) is 1.47. The van der Waals surface area contributed by atoms with Gasteiger partial charge in [0, 0.05) is 0 Å². The van der Waals surface area contributed by atoms with Gasteiger partial charge >= 0.3 is 0 Å². The zero-order chi connectivity index (χ0) is 11.7. The number of ether oxygens (including phenoxy) is 1. The van der Waals surface area contributed by atoms with Gasteiger partial charge in [-0.05, 0) is 61.4 Å². The highest BCUT2D eigenvalue weighted by atomic mass is 16.5. The Morgan fingerprint density at radius 1 is 1.24 bits per heavy atom. The molecule has 0 amide bonds. The van der Waals surface area contributed by atoms with E-state index in [2.05, 4.69) is 23.5 Å². The molecule has 17 heavy (non-hydrogen) atoms. The Morgan fingerprint density at radius 3 is 3.06 bits per heavy atom. The van der Waals surface area contributed by atoms with Crippen LogP contribution in [-0.4, -0.2) is 20.2 Å². The van der Waals surface area contributed by atoms with Crippen molar-refractivity contribution in [2.45, 2.75) is 25.2 Å². The second kappa shape index (κ2) is 4.69. The molecular formula is C15H21NO. The average molecular weight is 231 g/mol. The summed E-state index contributed by atoms with van der Waals surface area (Å²) >= 11 is 0. The molecule has 2 fully saturated rings. The molecule has 1 saturated heterocycles. The van der Waals surface area contributed by atoms with Crippen molar-refractivity contribution in [1.29, 1.82) is 0 Å². The first-order valence-corrected chi connectivity index (χ1v) is 6.73. The second-order valence-corrected chi connectivity index (χ2v) is 5.40. The summed E-state index contributed by atoms with van der Waals surface area (Å²) in [4.78, 5) is 0. The molecular weight excluding hydrogens is 210 g/mol. The van der Waals surface area contributed by atoms with E-state index in [1.165, 1.54) is 37.9 Å². The highest BCUT2D eigenvalue weighted by Gasteiger charge is 2.37. The zero-order valence-electron chi connectivity index (χ0n) is 10.5. The molecule has 2 nitrogen and oxygen atoms in total. The molecule has 1 aromatic rings. The maximum atomic E-state index is 5.34. The molecule has 1 aliphatic heterocycles. The van der Waals surface area contributed by atoms with Gasteiger partial charge in [-0.1, -0.05) is 18.6 Å². The van der Waals surface area contributed by atoms with E-state index in [0.29, 0.717) is 0 Å². The van der Waals surface area contributed by atoms with E-state index < -0.39 is 0 Å². The van der Waals surface area contributed by atoms with Crippen LogP contribution in [0.15, 0.2) is 24.3 Å². The maximum absolute atomic E-state index is 5.34. The summed E-state index contributed by atoms with van der Waals surface area (Å²) in [6.07, 6.45) is 4.14. The third-order valence-electron chi connectivity index (χ3n) is 4.52. The Labute approximate surface area is 103 Å². The van der Waals surface area contributed by atoms with Gasteiger partial charge in [0.15, 0.2) is 0 Å². The molecule has 1 aliphatic carbocycles. The number of methoxy groups -OCH3 is 1. The van der Waals surface area contributed by atoms with Crippen molar-refractivity contribution in [3.05, 3.63) is 29.8 Å². The molecule has 2 unspecified atom stereocenters. The molecule has 1 saturated carbocycles. The minimum Gasteiger partial charge on any atom is -0.497 e. The van der Waals surface area contributed by atoms with Gasteiger partial charge in [-0.15, -0.1) is 0 Å². The summed E-state index contributed by atoms with van der Waals surface area (Å²) in [7, 11) is 1.75. The fraction of sp³-hybridized carbons (Fsp3) is 0.600. The van der Waals surface area contributed by atoms with Crippen LogP contribution in [-0.2, 0) is 0 Å². The van der Waals surface area contributed by atoms with Crippen molar-refractivity contribution in [2.24, 2.45) is 11.8 Å². The number of hydrogen-bond acceptors (Lipinski definition) is 2. The molecule has 0 radical (unpaired) electrons. The Bertz CT molecular complexity index is 390. The van der Waals surface area contributed by atoms with E-state index >= 15 is 0 Å². The highest BCUT2D eigenvalue weighted by Crippen LogP contribution is 2.43. The molecule has 2 heteroatoms. The van der Waals surface area contributed by atoms with Gasteiger partial charge in [-0.3, -0.25) is 0 Å². The largest absolute Gasteiger partial charge is 0.497 e. The monoisotopic (exact) mass is 231 g/mol. The van der Waals surface area contributed by atoms with E-state index in [9.17, 15) is 0 Å². The fourth-order valence-corrected chi connectivity index (χ4v) is 3.64. The highest BCUT2D eigenvalue weighted by molar-refractivity contribution is 5.32. The molecule has 92 valence electrons. The average Bonchev–Trinajstić information content (AvgIpc) is 2.87. The maximum Gasteiger partial charge on any atom is 0.119 e. The Morgan fingerprint density at radius 2 is 2.18 bits per heavy atom. The molecule has 3 atom stereocenters. The minimum atomic E-state index is 0.735. The van der Waals surface area contributed by atoms with Crippen LogP contribution in [0.2, 0.25) is 0 Å². The Balaban J connectivity index is 1.86. The lowest BCUT2D eigenvalue weighted by molar-refractivity contribution is 0.258. The number of benzene rings is 1. The smallest absolute Gasteiger partial charge is 0.119 e. The third kappa shape index (κ3) is 2.06. The van der Waals surface area contributed by atoms with Gasteiger partial charge in [0.05, 0.1) is 7.11 Å². The van der Waals surface area contributed by atoms with Crippen LogP contribution >= 0.6 is 0 Å². The van der Waals surface area contributed by atoms with Gasteiger partial charge < -0.3 is 10.1 Å². The predicted molar refractivity (Wildman–Crippen MR) is 69.4 cm³/mol. The molecule has 0 bridgehead atoms. The minimum absolute atomic E-state index is 0.735. The molecule has 0 aromatic heterocycles.